The number of carbonyl (C=O) groups is 2. The van der Waals surface area contributed by atoms with Crippen molar-refractivity contribution in [3.05, 3.63) is 83.2 Å². The number of rotatable bonds is 3. The van der Waals surface area contributed by atoms with Crippen molar-refractivity contribution in [2.45, 2.75) is 26.4 Å². The maximum Gasteiger partial charge on any atom is 0.276 e. The Labute approximate surface area is 169 Å². The van der Waals surface area contributed by atoms with Gasteiger partial charge in [0.15, 0.2) is 0 Å². The van der Waals surface area contributed by atoms with Crippen LogP contribution in [-0.2, 0) is 13.1 Å². The molecular weight excluding hydrogens is 366 g/mol. The molecule has 0 spiro atoms. The first-order valence-electron chi connectivity index (χ1n) is 9.65. The molecule has 6 nitrogen and oxygen atoms in total. The molecule has 0 aliphatic carbocycles. The lowest BCUT2D eigenvalue weighted by atomic mass is 10.0. The van der Waals surface area contributed by atoms with Crippen molar-refractivity contribution in [2.24, 2.45) is 0 Å². The number of hydroxylamine groups is 1. The minimum atomic E-state index is -0.546. The Morgan fingerprint density at radius 3 is 2.24 bits per heavy atom. The van der Waals surface area contributed by atoms with Crippen molar-refractivity contribution < 1.29 is 14.8 Å². The fraction of sp³-hybridized carbons (Fsp3) is 0.217. The molecule has 0 unspecified atom stereocenters. The lowest BCUT2D eigenvalue weighted by molar-refractivity contribution is 0.0706. The minimum Gasteiger partial charge on any atom is -0.349 e. The second-order valence-electron chi connectivity index (χ2n) is 7.38. The first-order chi connectivity index (χ1) is 14.0. The molecule has 0 fully saturated rings. The van der Waals surface area contributed by atoms with Gasteiger partial charge in [0.2, 0.25) is 0 Å². The number of benzene rings is 2. The van der Waals surface area contributed by atoms with E-state index in [9.17, 15) is 9.59 Å². The number of amides is 2. The van der Waals surface area contributed by atoms with Gasteiger partial charge in [-0.2, -0.15) is 0 Å². The standard InChI is InChI=1S/C23H23N3O3/c1-16-3-5-17(6-4-16)18-7-9-19(10-8-18)23(28)26-12-2-11-25-14-20(22(27)24-29)13-21(25)15-26/h3-10,13-14,29H,2,11-12,15H2,1H3,(H,24,27). The van der Waals surface area contributed by atoms with Crippen LogP contribution in [0, 0.1) is 6.92 Å². The molecule has 0 bridgehead atoms. The third kappa shape index (κ3) is 3.93. The monoisotopic (exact) mass is 389 g/mol. The fourth-order valence-electron chi connectivity index (χ4n) is 3.70. The van der Waals surface area contributed by atoms with E-state index >= 15 is 0 Å². The van der Waals surface area contributed by atoms with Crippen molar-refractivity contribution in [3.63, 3.8) is 0 Å². The van der Waals surface area contributed by atoms with E-state index < -0.39 is 5.91 Å². The van der Waals surface area contributed by atoms with Crippen LogP contribution in [0.4, 0.5) is 0 Å². The highest BCUT2D eigenvalue weighted by Crippen LogP contribution is 2.22. The van der Waals surface area contributed by atoms with E-state index in [0.717, 1.165) is 29.8 Å². The SMILES string of the molecule is Cc1ccc(-c2ccc(C(=O)N3CCCn4cc(C(=O)NO)cc4C3)cc2)cc1. The first-order valence-corrected chi connectivity index (χ1v) is 9.65. The molecule has 0 saturated carbocycles. The molecule has 2 heterocycles. The van der Waals surface area contributed by atoms with Gasteiger partial charge >= 0.3 is 0 Å². The van der Waals surface area contributed by atoms with Gasteiger partial charge in [0, 0.05) is 30.5 Å². The highest BCUT2D eigenvalue weighted by atomic mass is 16.5. The normalized spacial score (nSPS) is 13.5. The largest absolute Gasteiger partial charge is 0.349 e. The van der Waals surface area contributed by atoms with E-state index in [-0.39, 0.29) is 5.91 Å². The van der Waals surface area contributed by atoms with Crippen molar-refractivity contribution in [2.75, 3.05) is 6.54 Å². The Morgan fingerprint density at radius 1 is 0.931 bits per heavy atom. The molecule has 3 aromatic rings. The molecule has 6 heteroatoms. The van der Waals surface area contributed by atoms with Crippen LogP contribution in [0.3, 0.4) is 0 Å². The van der Waals surface area contributed by atoms with Gasteiger partial charge in [0.1, 0.15) is 0 Å². The third-order valence-electron chi connectivity index (χ3n) is 5.33. The summed E-state index contributed by atoms with van der Waals surface area (Å²) in [6.07, 6.45) is 2.51. The topological polar surface area (TPSA) is 74.6 Å². The van der Waals surface area contributed by atoms with Crippen LogP contribution in [0.5, 0.6) is 0 Å². The molecule has 29 heavy (non-hydrogen) atoms. The van der Waals surface area contributed by atoms with Gasteiger partial charge in [-0.25, -0.2) is 5.48 Å². The number of nitrogens with one attached hydrogen (secondary N) is 1. The molecule has 2 aromatic carbocycles. The van der Waals surface area contributed by atoms with Crippen LogP contribution < -0.4 is 5.48 Å². The zero-order valence-electron chi connectivity index (χ0n) is 16.3. The number of fused-ring (bicyclic) bond motifs is 1. The number of hydrogen-bond donors (Lipinski definition) is 2. The summed E-state index contributed by atoms with van der Waals surface area (Å²) in [6, 6.07) is 17.7. The van der Waals surface area contributed by atoms with Gasteiger partial charge in [-0.05, 0) is 42.7 Å². The fourth-order valence-corrected chi connectivity index (χ4v) is 3.70. The van der Waals surface area contributed by atoms with Crippen molar-refractivity contribution >= 4 is 11.8 Å². The van der Waals surface area contributed by atoms with E-state index in [4.69, 9.17) is 5.21 Å². The molecule has 1 aliphatic rings. The van der Waals surface area contributed by atoms with Crippen LogP contribution in [0.1, 0.15) is 38.4 Å². The highest BCUT2D eigenvalue weighted by molar-refractivity contribution is 5.95. The van der Waals surface area contributed by atoms with E-state index in [1.165, 1.54) is 5.56 Å². The average Bonchev–Trinajstić information content (AvgIpc) is 3.05. The maximum atomic E-state index is 13.0. The summed E-state index contributed by atoms with van der Waals surface area (Å²) >= 11 is 0. The summed E-state index contributed by atoms with van der Waals surface area (Å²) in [7, 11) is 0. The summed E-state index contributed by atoms with van der Waals surface area (Å²) in [5.74, 6) is -0.571. The molecular formula is C23H23N3O3. The number of nitrogens with zero attached hydrogens (tertiary/aromatic N) is 2. The van der Waals surface area contributed by atoms with E-state index in [2.05, 4.69) is 31.2 Å². The van der Waals surface area contributed by atoms with Gasteiger partial charge in [0.25, 0.3) is 11.8 Å². The van der Waals surface area contributed by atoms with E-state index in [0.29, 0.717) is 24.2 Å². The maximum absolute atomic E-state index is 13.0. The average molecular weight is 389 g/mol. The quantitative estimate of drug-likeness (QED) is 0.531. The van der Waals surface area contributed by atoms with Crippen LogP contribution in [0.15, 0.2) is 60.8 Å². The number of carbonyl (C=O) groups excluding carboxylic acids is 2. The summed E-state index contributed by atoms with van der Waals surface area (Å²) in [6.45, 7) is 3.87. The highest BCUT2D eigenvalue weighted by Gasteiger charge is 2.22. The molecule has 1 aliphatic heterocycles. The van der Waals surface area contributed by atoms with E-state index in [1.54, 1.807) is 22.6 Å². The Hall–Kier alpha value is -3.38. The predicted octanol–water partition coefficient (Wildman–Crippen LogP) is 3.63. The smallest absolute Gasteiger partial charge is 0.276 e. The van der Waals surface area contributed by atoms with Crippen LogP contribution >= 0.6 is 0 Å². The molecule has 1 aromatic heterocycles. The summed E-state index contributed by atoms with van der Waals surface area (Å²) < 4.78 is 1.97. The third-order valence-corrected chi connectivity index (χ3v) is 5.33. The molecule has 4 rings (SSSR count). The number of hydrogen-bond acceptors (Lipinski definition) is 3. The van der Waals surface area contributed by atoms with Crippen molar-refractivity contribution in [3.8, 4) is 11.1 Å². The van der Waals surface area contributed by atoms with Gasteiger partial charge in [-0.15, -0.1) is 0 Å². The Morgan fingerprint density at radius 2 is 1.59 bits per heavy atom. The Kier molecular flexibility index (Phi) is 5.18. The molecule has 0 saturated heterocycles. The summed E-state index contributed by atoms with van der Waals surface area (Å²) in [4.78, 5) is 26.5. The summed E-state index contributed by atoms with van der Waals surface area (Å²) in [5.41, 5.74) is 6.98. The molecule has 0 atom stereocenters. The van der Waals surface area contributed by atoms with Crippen LogP contribution in [0.25, 0.3) is 11.1 Å². The first kappa shape index (κ1) is 19.0. The molecule has 2 N–H and O–H groups in total. The molecule has 2 amide bonds. The second kappa shape index (κ2) is 7.93. The van der Waals surface area contributed by atoms with Crippen LogP contribution in [0.2, 0.25) is 0 Å². The zero-order chi connectivity index (χ0) is 20.4. The Bertz CT molecular complexity index is 1040. The van der Waals surface area contributed by atoms with Gasteiger partial charge in [0.05, 0.1) is 12.1 Å². The van der Waals surface area contributed by atoms with Gasteiger partial charge < -0.3 is 9.47 Å². The minimum absolute atomic E-state index is 0.0248. The second-order valence-corrected chi connectivity index (χ2v) is 7.38. The number of aromatic nitrogens is 1. The lowest BCUT2D eigenvalue weighted by Crippen LogP contribution is -2.30. The lowest BCUT2D eigenvalue weighted by Gasteiger charge is -2.20. The van der Waals surface area contributed by atoms with Crippen molar-refractivity contribution in [1.82, 2.24) is 14.9 Å². The zero-order valence-corrected chi connectivity index (χ0v) is 16.3. The van der Waals surface area contributed by atoms with Gasteiger partial charge in [-0.1, -0.05) is 42.0 Å². The summed E-state index contributed by atoms with van der Waals surface area (Å²) in [5, 5.41) is 8.84. The predicted molar refractivity (Wildman–Crippen MR) is 110 cm³/mol. The number of aryl methyl sites for hydroxylation is 2. The van der Waals surface area contributed by atoms with Crippen molar-refractivity contribution in [1.29, 1.82) is 0 Å². The van der Waals surface area contributed by atoms with Crippen LogP contribution in [-0.4, -0.2) is 33.0 Å². The molecule has 0 radical (unpaired) electrons. The van der Waals surface area contributed by atoms with E-state index in [1.807, 2.05) is 28.8 Å². The Balaban J connectivity index is 1.52. The molecule has 148 valence electrons. The van der Waals surface area contributed by atoms with Gasteiger partial charge in [-0.3, -0.25) is 14.8 Å².